The van der Waals surface area contributed by atoms with Crippen LogP contribution in [0, 0.1) is 0 Å². The lowest BCUT2D eigenvalue weighted by Crippen LogP contribution is -2.49. The molecule has 2 N–H and O–H groups in total. The second-order valence-electron chi connectivity index (χ2n) is 4.45. The van der Waals surface area contributed by atoms with E-state index in [9.17, 15) is 14.4 Å². The normalized spacial score (nSPS) is 31.3. The number of hydrogen-bond acceptors (Lipinski definition) is 5. The van der Waals surface area contributed by atoms with E-state index in [1.807, 2.05) is 0 Å². The van der Waals surface area contributed by atoms with Crippen LogP contribution in [0.1, 0.15) is 6.42 Å². The van der Waals surface area contributed by atoms with Gasteiger partial charge in [0, 0.05) is 19.5 Å². The molecule has 2 aliphatic rings. The van der Waals surface area contributed by atoms with Crippen LogP contribution in [0.2, 0.25) is 0 Å². The first-order valence-corrected chi connectivity index (χ1v) is 5.59. The van der Waals surface area contributed by atoms with Gasteiger partial charge in [-0.15, -0.1) is 6.58 Å². The number of urea groups is 1. The minimum atomic E-state index is -1.03. The number of esters is 1. The van der Waals surface area contributed by atoms with Gasteiger partial charge in [0.2, 0.25) is 0 Å². The Hall–Kier alpha value is -1.89. The first-order chi connectivity index (χ1) is 8.52. The van der Waals surface area contributed by atoms with Crippen molar-refractivity contribution >= 4 is 17.9 Å². The zero-order chi connectivity index (χ0) is 13.3. The third-order valence-electron chi connectivity index (χ3n) is 3.31. The van der Waals surface area contributed by atoms with E-state index >= 15 is 0 Å². The van der Waals surface area contributed by atoms with Crippen LogP contribution in [-0.2, 0) is 14.3 Å². The molecule has 0 aliphatic carbocycles. The van der Waals surface area contributed by atoms with Gasteiger partial charge in [-0.3, -0.25) is 19.8 Å². The second kappa shape index (κ2) is 4.41. The quantitative estimate of drug-likeness (QED) is 0.382. The number of nitrogens with one attached hydrogen (secondary N) is 2. The van der Waals surface area contributed by atoms with E-state index in [2.05, 4.69) is 17.2 Å². The summed E-state index contributed by atoms with van der Waals surface area (Å²) >= 11 is 0. The average Bonchev–Trinajstić information content (AvgIpc) is 2.81. The number of amides is 3. The van der Waals surface area contributed by atoms with Gasteiger partial charge in [-0.2, -0.15) is 0 Å². The lowest BCUT2D eigenvalue weighted by molar-refractivity contribution is -0.145. The maximum atomic E-state index is 11.8. The first kappa shape index (κ1) is 12.6. The van der Waals surface area contributed by atoms with E-state index in [1.54, 1.807) is 11.0 Å². The zero-order valence-electron chi connectivity index (χ0n) is 10.1. The molecule has 2 fully saturated rings. The lowest BCUT2D eigenvalue weighted by Gasteiger charge is -2.20. The molecule has 0 aromatic carbocycles. The summed E-state index contributed by atoms with van der Waals surface area (Å²) in [6.07, 6.45) is 1.86. The molecule has 2 aliphatic heterocycles. The molecule has 0 bridgehead atoms. The van der Waals surface area contributed by atoms with Crippen LogP contribution in [0.15, 0.2) is 12.7 Å². The Morgan fingerprint density at radius 1 is 1.67 bits per heavy atom. The minimum Gasteiger partial charge on any atom is -0.468 e. The molecule has 0 unspecified atom stereocenters. The van der Waals surface area contributed by atoms with Gasteiger partial charge < -0.3 is 10.1 Å². The molecule has 2 saturated heterocycles. The fourth-order valence-corrected chi connectivity index (χ4v) is 2.49. The average molecular weight is 253 g/mol. The number of methoxy groups -OCH3 is 1. The summed E-state index contributed by atoms with van der Waals surface area (Å²) in [6.45, 7) is 4.33. The molecule has 2 rings (SSSR count). The summed E-state index contributed by atoms with van der Waals surface area (Å²) in [7, 11) is 1.30. The van der Waals surface area contributed by atoms with Gasteiger partial charge in [0.25, 0.3) is 5.91 Å². The van der Waals surface area contributed by atoms with Crippen molar-refractivity contribution in [2.75, 3.05) is 20.2 Å². The number of nitrogens with zero attached hydrogens (tertiary/aromatic N) is 1. The van der Waals surface area contributed by atoms with Gasteiger partial charge in [-0.1, -0.05) is 6.08 Å². The molecule has 0 aromatic heterocycles. The van der Waals surface area contributed by atoms with Crippen LogP contribution in [0.25, 0.3) is 0 Å². The summed E-state index contributed by atoms with van der Waals surface area (Å²) in [5, 5.41) is 4.79. The van der Waals surface area contributed by atoms with Gasteiger partial charge in [0.05, 0.1) is 7.11 Å². The largest absolute Gasteiger partial charge is 0.468 e. The Morgan fingerprint density at radius 3 is 2.89 bits per heavy atom. The van der Waals surface area contributed by atoms with E-state index < -0.39 is 29.5 Å². The summed E-state index contributed by atoms with van der Waals surface area (Å²) in [4.78, 5) is 36.5. The van der Waals surface area contributed by atoms with E-state index in [0.29, 0.717) is 6.54 Å². The topological polar surface area (TPSA) is 87.7 Å². The van der Waals surface area contributed by atoms with Gasteiger partial charge in [-0.05, 0) is 0 Å². The highest BCUT2D eigenvalue weighted by molar-refractivity contribution is 6.07. The lowest BCUT2D eigenvalue weighted by atomic mass is 9.96. The maximum Gasteiger partial charge on any atom is 0.323 e. The smallest absolute Gasteiger partial charge is 0.323 e. The predicted octanol–water partition coefficient (Wildman–Crippen LogP) is -1.00. The number of likely N-dealkylation sites (tertiary alicyclic amines) is 1. The number of ether oxygens (including phenoxy) is 1. The fourth-order valence-electron chi connectivity index (χ4n) is 2.49. The van der Waals surface area contributed by atoms with Gasteiger partial charge in [-0.25, -0.2) is 4.79 Å². The van der Waals surface area contributed by atoms with Crippen molar-refractivity contribution in [2.24, 2.45) is 0 Å². The highest BCUT2D eigenvalue weighted by atomic mass is 16.5. The van der Waals surface area contributed by atoms with E-state index in [0.717, 1.165) is 0 Å². The molecule has 2 atom stereocenters. The molecule has 7 heteroatoms. The van der Waals surface area contributed by atoms with Crippen molar-refractivity contribution in [3.63, 3.8) is 0 Å². The molecular weight excluding hydrogens is 238 g/mol. The van der Waals surface area contributed by atoms with Crippen molar-refractivity contribution < 1.29 is 19.1 Å². The van der Waals surface area contributed by atoms with Gasteiger partial charge in [0.15, 0.2) is 0 Å². The molecule has 0 aromatic rings. The number of carbonyl (C=O) groups is 3. The van der Waals surface area contributed by atoms with Crippen LogP contribution in [-0.4, -0.2) is 54.6 Å². The molecule has 1 spiro atoms. The highest BCUT2D eigenvalue weighted by Gasteiger charge is 2.55. The van der Waals surface area contributed by atoms with Crippen LogP contribution in [0.3, 0.4) is 0 Å². The third-order valence-corrected chi connectivity index (χ3v) is 3.31. The van der Waals surface area contributed by atoms with Crippen LogP contribution in [0.5, 0.6) is 0 Å². The standard InChI is InChI=1S/C11H15N3O4/c1-3-4-14-6-11(5-7(14)8(15)18-2)9(16)12-10(17)13-11/h3,7H,1,4-6H2,2H3,(H2,12,13,16,17)/t7-,11-/m0/s1. The van der Waals surface area contributed by atoms with E-state index in [1.165, 1.54) is 7.11 Å². The second-order valence-corrected chi connectivity index (χ2v) is 4.45. The van der Waals surface area contributed by atoms with Crippen LogP contribution >= 0.6 is 0 Å². The predicted molar refractivity (Wildman–Crippen MR) is 61.6 cm³/mol. The Morgan fingerprint density at radius 2 is 2.39 bits per heavy atom. The molecule has 2 heterocycles. The minimum absolute atomic E-state index is 0.213. The Bertz CT molecular complexity index is 423. The van der Waals surface area contributed by atoms with Crippen LogP contribution in [0.4, 0.5) is 4.79 Å². The molecule has 0 saturated carbocycles. The van der Waals surface area contributed by atoms with Crippen LogP contribution < -0.4 is 10.6 Å². The van der Waals surface area contributed by atoms with Crippen molar-refractivity contribution in [1.29, 1.82) is 0 Å². The summed E-state index contributed by atoms with van der Waals surface area (Å²) in [5.41, 5.74) is -1.03. The van der Waals surface area contributed by atoms with Crippen molar-refractivity contribution in [1.82, 2.24) is 15.5 Å². The van der Waals surface area contributed by atoms with Crippen molar-refractivity contribution in [3.8, 4) is 0 Å². The van der Waals surface area contributed by atoms with Crippen molar-refractivity contribution in [3.05, 3.63) is 12.7 Å². The molecule has 0 radical (unpaired) electrons. The number of carbonyl (C=O) groups excluding carboxylic acids is 3. The Balaban J connectivity index is 2.23. The SMILES string of the molecule is C=CCN1C[C@]2(C[C@H]1C(=O)OC)NC(=O)NC2=O. The number of imide groups is 1. The van der Waals surface area contributed by atoms with E-state index in [-0.39, 0.29) is 13.0 Å². The fraction of sp³-hybridized carbons (Fsp3) is 0.545. The first-order valence-electron chi connectivity index (χ1n) is 5.59. The number of rotatable bonds is 3. The third kappa shape index (κ3) is 1.86. The molecule has 98 valence electrons. The molecule has 3 amide bonds. The Kier molecular flexibility index (Phi) is 3.08. The van der Waals surface area contributed by atoms with Crippen molar-refractivity contribution in [2.45, 2.75) is 18.0 Å². The summed E-state index contributed by atoms with van der Waals surface area (Å²) in [5.74, 6) is -0.810. The molecule has 18 heavy (non-hydrogen) atoms. The molecular formula is C11H15N3O4. The van der Waals surface area contributed by atoms with E-state index in [4.69, 9.17) is 4.74 Å². The summed E-state index contributed by atoms with van der Waals surface area (Å²) < 4.78 is 4.72. The number of hydrogen-bond donors (Lipinski definition) is 2. The Labute approximate surface area is 104 Å². The summed E-state index contributed by atoms with van der Waals surface area (Å²) in [6, 6.07) is -1.07. The van der Waals surface area contributed by atoms with Gasteiger partial charge in [0.1, 0.15) is 11.6 Å². The highest BCUT2D eigenvalue weighted by Crippen LogP contribution is 2.30. The maximum absolute atomic E-state index is 11.8. The molecule has 7 nitrogen and oxygen atoms in total. The monoisotopic (exact) mass is 253 g/mol. The zero-order valence-corrected chi connectivity index (χ0v) is 10.1. The van der Waals surface area contributed by atoms with Gasteiger partial charge >= 0.3 is 12.0 Å².